The molecular weight excluding hydrogens is 560 g/mol. The van der Waals surface area contributed by atoms with E-state index in [1.807, 2.05) is 11.9 Å². The first-order valence-electron chi connectivity index (χ1n) is 12.1. The smallest absolute Gasteiger partial charge is 0.335 e. The van der Waals surface area contributed by atoms with Gasteiger partial charge in [0.2, 0.25) is 10.0 Å². The number of rotatable bonds is 7. The number of allylic oxidation sites excluding steroid dienone is 1. The minimum absolute atomic E-state index is 0.0305. The van der Waals surface area contributed by atoms with Crippen LogP contribution in [0.3, 0.4) is 0 Å². The fourth-order valence-corrected chi connectivity index (χ4v) is 7.85. The number of sulfonamides is 1. The van der Waals surface area contributed by atoms with Crippen LogP contribution in [0.25, 0.3) is 0 Å². The zero-order valence-corrected chi connectivity index (χ0v) is 22.7. The molecule has 1 saturated carbocycles. The van der Waals surface area contributed by atoms with E-state index in [-0.39, 0.29) is 23.1 Å². The number of carbonyl (C=O) groups is 1. The third-order valence-corrected chi connectivity index (χ3v) is 10.2. The molecule has 14 heteroatoms. The van der Waals surface area contributed by atoms with Crippen LogP contribution >= 0.6 is 22.9 Å². The first-order chi connectivity index (χ1) is 18.0. The van der Waals surface area contributed by atoms with Crippen molar-refractivity contribution in [3.63, 3.8) is 0 Å². The number of aliphatic carboxylic acids is 1. The van der Waals surface area contributed by atoms with E-state index in [1.54, 1.807) is 11.6 Å². The highest BCUT2D eigenvalue weighted by molar-refractivity contribution is 7.90. The first kappa shape index (κ1) is 27.1. The topological polar surface area (TPSA) is 124 Å². The lowest BCUT2D eigenvalue weighted by atomic mass is 9.80. The maximum Gasteiger partial charge on any atom is 0.335 e. The molecule has 9 nitrogen and oxygen atoms in total. The number of amidine groups is 1. The maximum atomic E-state index is 14.4. The molecule has 5 rings (SSSR count). The molecule has 3 aliphatic rings. The fraction of sp³-hybridized carbons (Fsp3) is 0.458. The second-order valence-electron chi connectivity index (χ2n) is 9.79. The van der Waals surface area contributed by atoms with Gasteiger partial charge in [-0.2, -0.15) is 0 Å². The molecule has 0 radical (unpaired) electrons. The van der Waals surface area contributed by atoms with Gasteiger partial charge >= 0.3 is 5.97 Å². The number of thiazole rings is 1. The molecule has 3 N–H and O–H groups in total. The lowest BCUT2D eigenvalue weighted by Crippen LogP contribution is -2.57. The largest absolute Gasteiger partial charge is 0.478 e. The van der Waals surface area contributed by atoms with Crippen LogP contribution in [0.5, 0.6) is 0 Å². The third-order valence-electron chi connectivity index (χ3n) is 7.24. The van der Waals surface area contributed by atoms with E-state index >= 15 is 0 Å². The van der Waals surface area contributed by atoms with E-state index in [4.69, 9.17) is 11.6 Å². The highest BCUT2D eigenvalue weighted by Crippen LogP contribution is 2.41. The minimum atomic E-state index is -3.44. The van der Waals surface area contributed by atoms with Crippen LogP contribution in [0.2, 0.25) is 5.02 Å². The zero-order chi connectivity index (χ0) is 27.2. The number of aromatic nitrogens is 1. The van der Waals surface area contributed by atoms with Crippen molar-refractivity contribution in [3.8, 4) is 0 Å². The lowest BCUT2D eigenvalue weighted by molar-refractivity contribution is -0.133. The van der Waals surface area contributed by atoms with E-state index in [2.05, 4.69) is 20.0 Å². The molecule has 0 spiro atoms. The number of carboxylic acid groups (broad SMARTS) is 1. The summed E-state index contributed by atoms with van der Waals surface area (Å²) in [4.78, 5) is 23.3. The average Bonchev–Trinajstić information content (AvgIpc) is 3.40. The molecular formula is C24H26ClF2N5O4S2. The lowest BCUT2D eigenvalue weighted by Gasteiger charge is -2.38. The van der Waals surface area contributed by atoms with Gasteiger partial charge in [-0.15, -0.1) is 11.3 Å². The van der Waals surface area contributed by atoms with Crippen molar-refractivity contribution in [3.05, 3.63) is 62.2 Å². The molecule has 2 fully saturated rings. The number of likely N-dealkylation sites (tertiary alicyclic amines) is 1. The second kappa shape index (κ2) is 10.6. The summed E-state index contributed by atoms with van der Waals surface area (Å²) in [7, 11) is -1.57. The Morgan fingerprint density at radius 3 is 2.55 bits per heavy atom. The molecule has 1 aromatic carbocycles. The Morgan fingerprint density at radius 2 is 1.95 bits per heavy atom. The SMILES string of the molecule is CN1CC(S(=O)(=O)NC2CCC(C3=C(C(=O)O)C(c4ccc(F)c(F)c4Cl)N=C(c4nccs4)N3)CC2)C1. The number of carboxylic acids is 1. The van der Waals surface area contributed by atoms with Crippen LogP contribution in [-0.4, -0.2) is 66.6 Å². The number of hydrogen-bond donors (Lipinski definition) is 3. The Hall–Kier alpha value is -2.45. The van der Waals surface area contributed by atoms with E-state index in [0.29, 0.717) is 55.3 Å². The summed E-state index contributed by atoms with van der Waals surface area (Å²) in [6.45, 7) is 0.993. The van der Waals surface area contributed by atoms with E-state index in [9.17, 15) is 27.1 Å². The summed E-state index contributed by atoms with van der Waals surface area (Å²) < 4.78 is 56.4. The second-order valence-corrected chi connectivity index (χ2v) is 13.1. The van der Waals surface area contributed by atoms with Crippen molar-refractivity contribution in [2.45, 2.75) is 43.0 Å². The Bertz CT molecular complexity index is 1400. The number of nitrogens with one attached hydrogen (secondary N) is 2. The molecule has 1 aliphatic carbocycles. The number of nitrogens with zero attached hydrogens (tertiary/aromatic N) is 3. The van der Waals surface area contributed by atoms with Crippen LogP contribution in [0.1, 0.15) is 42.3 Å². The summed E-state index contributed by atoms with van der Waals surface area (Å²) in [5.74, 6) is -3.63. The number of halogens is 3. The summed E-state index contributed by atoms with van der Waals surface area (Å²) >= 11 is 7.43. The van der Waals surface area contributed by atoms with Crippen LogP contribution < -0.4 is 10.0 Å². The monoisotopic (exact) mass is 585 g/mol. The summed E-state index contributed by atoms with van der Waals surface area (Å²) in [5.41, 5.74) is 0.313. The molecule has 2 aromatic rings. The van der Waals surface area contributed by atoms with Crippen molar-refractivity contribution in [1.82, 2.24) is 19.9 Å². The zero-order valence-electron chi connectivity index (χ0n) is 20.3. The van der Waals surface area contributed by atoms with Gasteiger partial charge in [0, 0.05) is 42.0 Å². The summed E-state index contributed by atoms with van der Waals surface area (Å²) in [6, 6.07) is 0.692. The first-order valence-corrected chi connectivity index (χ1v) is 14.9. The van der Waals surface area contributed by atoms with Gasteiger partial charge in [-0.1, -0.05) is 17.7 Å². The third kappa shape index (κ3) is 5.22. The van der Waals surface area contributed by atoms with E-state index < -0.39 is 43.9 Å². The maximum absolute atomic E-state index is 14.4. The Labute approximate surface area is 227 Å². The molecule has 1 saturated heterocycles. The van der Waals surface area contributed by atoms with Gasteiger partial charge in [0.15, 0.2) is 22.5 Å². The van der Waals surface area contributed by atoms with Gasteiger partial charge < -0.3 is 15.3 Å². The van der Waals surface area contributed by atoms with Crippen LogP contribution in [0.15, 0.2) is 40.0 Å². The molecule has 2 aliphatic heterocycles. The highest BCUT2D eigenvalue weighted by atomic mass is 35.5. The normalized spacial score (nSPS) is 25.1. The van der Waals surface area contributed by atoms with E-state index in [1.165, 1.54) is 17.4 Å². The van der Waals surface area contributed by atoms with Gasteiger partial charge in [0.25, 0.3) is 0 Å². The Kier molecular flexibility index (Phi) is 7.57. The molecule has 0 bridgehead atoms. The predicted molar refractivity (Wildman–Crippen MR) is 140 cm³/mol. The van der Waals surface area contributed by atoms with Gasteiger partial charge in [0.1, 0.15) is 11.3 Å². The van der Waals surface area contributed by atoms with Crippen molar-refractivity contribution >= 4 is 44.8 Å². The van der Waals surface area contributed by atoms with E-state index in [0.717, 1.165) is 6.07 Å². The Morgan fingerprint density at radius 1 is 1.24 bits per heavy atom. The highest BCUT2D eigenvalue weighted by Gasteiger charge is 2.40. The molecule has 3 heterocycles. The number of benzene rings is 1. The van der Waals surface area contributed by atoms with Crippen molar-refractivity contribution < 1.29 is 27.1 Å². The van der Waals surface area contributed by atoms with Crippen LogP contribution in [-0.2, 0) is 14.8 Å². The molecule has 1 atom stereocenters. The van der Waals surface area contributed by atoms with Crippen LogP contribution in [0.4, 0.5) is 8.78 Å². The van der Waals surface area contributed by atoms with Gasteiger partial charge in [-0.05, 0) is 44.7 Å². The van der Waals surface area contributed by atoms with Crippen molar-refractivity contribution in [2.24, 2.45) is 10.9 Å². The average molecular weight is 586 g/mol. The number of hydrogen-bond acceptors (Lipinski definition) is 8. The van der Waals surface area contributed by atoms with Crippen LogP contribution in [0, 0.1) is 17.6 Å². The summed E-state index contributed by atoms with van der Waals surface area (Å²) in [5, 5.41) is 14.7. The molecule has 1 unspecified atom stereocenters. The molecule has 0 amide bonds. The molecule has 1 aromatic heterocycles. The fourth-order valence-electron chi connectivity index (χ4n) is 5.21. The number of aliphatic imine (C=N–C) groups is 1. The van der Waals surface area contributed by atoms with Gasteiger partial charge in [0.05, 0.1) is 10.6 Å². The van der Waals surface area contributed by atoms with Crippen molar-refractivity contribution in [2.75, 3.05) is 20.1 Å². The van der Waals surface area contributed by atoms with Crippen molar-refractivity contribution in [1.29, 1.82) is 0 Å². The Balaban J connectivity index is 1.44. The van der Waals surface area contributed by atoms with Gasteiger partial charge in [-0.3, -0.25) is 4.99 Å². The minimum Gasteiger partial charge on any atom is -0.478 e. The quantitative estimate of drug-likeness (QED) is 0.426. The molecule has 204 valence electrons. The van der Waals surface area contributed by atoms with Gasteiger partial charge in [-0.25, -0.2) is 31.7 Å². The standard InChI is InChI=1S/C24H26ClF2N5O4S2/c1-32-10-14(11-32)38(35,36)31-13-4-2-12(3-5-13)20-17(24(33)34)21(15-6-7-16(26)19(27)18(15)25)30-22(29-20)23-28-8-9-37-23/h6-9,12-14,21,31H,2-5,10-11H2,1H3,(H,29,30)(H,33,34). The predicted octanol–water partition coefficient (Wildman–Crippen LogP) is 3.30. The molecule has 38 heavy (non-hydrogen) atoms. The summed E-state index contributed by atoms with van der Waals surface area (Å²) in [6.07, 6.45) is 3.65.